The van der Waals surface area contributed by atoms with Gasteiger partial charge in [-0.15, -0.1) is 0 Å². The molecule has 0 bridgehead atoms. The van der Waals surface area contributed by atoms with Crippen molar-refractivity contribution in [3.8, 4) is 0 Å². The van der Waals surface area contributed by atoms with Crippen molar-refractivity contribution < 1.29 is 14.3 Å². The molecule has 1 heterocycles. The average molecular weight is 325 g/mol. The quantitative estimate of drug-likeness (QED) is 0.844. The van der Waals surface area contributed by atoms with Gasteiger partial charge in [-0.05, 0) is 57.9 Å². The number of halogens is 1. The van der Waals surface area contributed by atoms with Gasteiger partial charge < -0.3 is 15.0 Å². The summed E-state index contributed by atoms with van der Waals surface area (Å²) in [4.78, 5) is 26.1. The van der Waals surface area contributed by atoms with Crippen LogP contribution in [-0.2, 0) is 9.53 Å². The fourth-order valence-electron chi connectivity index (χ4n) is 2.35. The molecular weight excluding hydrogens is 304 g/mol. The zero-order valence-corrected chi connectivity index (χ0v) is 13.8. The van der Waals surface area contributed by atoms with Crippen LogP contribution in [0, 0.1) is 0 Å². The Bertz CT molecular complexity index is 552. The molecule has 120 valence electrons. The third-order valence-corrected chi connectivity index (χ3v) is 3.54. The fraction of sp³-hybridized carbons (Fsp3) is 0.500. The largest absolute Gasteiger partial charge is 0.458 e. The highest BCUT2D eigenvalue weighted by molar-refractivity contribution is 6.30. The molecule has 1 atom stereocenters. The molecule has 0 aromatic heterocycles. The number of amides is 2. The van der Waals surface area contributed by atoms with Crippen molar-refractivity contribution in [3.63, 3.8) is 0 Å². The number of benzene rings is 1. The van der Waals surface area contributed by atoms with Crippen LogP contribution in [0.4, 0.5) is 10.5 Å². The predicted molar refractivity (Wildman–Crippen MR) is 86.0 cm³/mol. The van der Waals surface area contributed by atoms with Gasteiger partial charge in [0.2, 0.25) is 0 Å². The summed E-state index contributed by atoms with van der Waals surface area (Å²) >= 11 is 5.82. The lowest BCUT2D eigenvalue weighted by Gasteiger charge is -2.27. The molecule has 1 N–H and O–H groups in total. The molecule has 0 radical (unpaired) electrons. The number of nitrogens with zero attached hydrogens (tertiary/aromatic N) is 1. The smallest absolute Gasteiger partial charge is 0.329 e. The molecule has 0 aliphatic carbocycles. The molecule has 2 rings (SSSR count). The number of rotatable bonds is 2. The number of hydrogen-bond acceptors (Lipinski definition) is 3. The van der Waals surface area contributed by atoms with E-state index in [0.717, 1.165) is 6.42 Å². The Morgan fingerprint density at radius 3 is 2.50 bits per heavy atom. The lowest BCUT2D eigenvalue weighted by atomic mass is 10.1. The van der Waals surface area contributed by atoms with Crippen LogP contribution in [0.25, 0.3) is 0 Å². The number of urea groups is 1. The number of hydrogen-bond donors (Lipinski definition) is 1. The van der Waals surface area contributed by atoms with Crippen LogP contribution < -0.4 is 5.32 Å². The van der Waals surface area contributed by atoms with E-state index in [0.29, 0.717) is 23.7 Å². The van der Waals surface area contributed by atoms with Crippen molar-refractivity contribution in [2.45, 2.75) is 45.3 Å². The summed E-state index contributed by atoms with van der Waals surface area (Å²) in [6, 6.07) is 6.03. The maximum Gasteiger partial charge on any atom is 0.329 e. The van der Waals surface area contributed by atoms with Crippen molar-refractivity contribution in [2.75, 3.05) is 11.9 Å². The van der Waals surface area contributed by atoms with Crippen LogP contribution in [0.15, 0.2) is 24.3 Å². The number of esters is 1. The first kappa shape index (κ1) is 16.6. The summed E-state index contributed by atoms with van der Waals surface area (Å²) < 4.78 is 5.39. The number of nitrogens with one attached hydrogen (secondary N) is 1. The maximum absolute atomic E-state index is 12.4. The van der Waals surface area contributed by atoms with Crippen LogP contribution in [0.2, 0.25) is 5.02 Å². The zero-order valence-electron chi connectivity index (χ0n) is 13.1. The van der Waals surface area contributed by atoms with E-state index in [4.69, 9.17) is 16.3 Å². The standard InChI is InChI=1S/C16H21ClN2O3/c1-16(2,3)22-14(20)13-5-4-10-19(13)15(21)18-12-8-6-11(17)7-9-12/h6-9,13H,4-5,10H2,1-3H3,(H,18,21). The minimum atomic E-state index is -0.558. The minimum Gasteiger partial charge on any atom is -0.458 e. The molecule has 1 fully saturated rings. The van der Waals surface area contributed by atoms with Gasteiger partial charge in [-0.25, -0.2) is 9.59 Å². The van der Waals surface area contributed by atoms with E-state index < -0.39 is 11.6 Å². The molecule has 1 unspecified atom stereocenters. The van der Waals surface area contributed by atoms with Gasteiger partial charge in [0, 0.05) is 17.3 Å². The van der Waals surface area contributed by atoms with Gasteiger partial charge in [0.25, 0.3) is 0 Å². The first-order valence-corrected chi connectivity index (χ1v) is 7.70. The third kappa shape index (κ3) is 4.37. The molecule has 6 heteroatoms. The fourth-order valence-corrected chi connectivity index (χ4v) is 2.48. The van der Waals surface area contributed by atoms with Gasteiger partial charge in [-0.2, -0.15) is 0 Å². The van der Waals surface area contributed by atoms with Crippen LogP contribution in [0.3, 0.4) is 0 Å². The second-order valence-electron chi connectivity index (χ2n) is 6.32. The van der Waals surface area contributed by atoms with Gasteiger partial charge in [0.1, 0.15) is 11.6 Å². The van der Waals surface area contributed by atoms with E-state index in [1.165, 1.54) is 4.90 Å². The van der Waals surface area contributed by atoms with E-state index in [9.17, 15) is 9.59 Å². The van der Waals surface area contributed by atoms with Gasteiger partial charge in [0.05, 0.1) is 0 Å². The Morgan fingerprint density at radius 1 is 1.27 bits per heavy atom. The highest BCUT2D eigenvalue weighted by Crippen LogP contribution is 2.22. The first-order valence-electron chi connectivity index (χ1n) is 7.32. The summed E-state index contributed by atoms with van der Waals surface area (Å²) in [6.45, 7) is 6.00. The van der Waals surface area contributed by atoms with Crippen molar-refractivity contribution in [3.05, 3.63) is 29.3 Å². The lowest BCUT2D eigenvalue weighted by Crippen LogP contribution is -2.45. The topological polar surface area (TPSA) is 58.6 Å². The third-order valence-electron chi connectivity index (χ3n) is 3.29. The van der Waals surface area contributed by atoms with Crippen molar-refractivity contribution >= 4 is 29.3 Å². The monoisotopic (exact) mass is 324 g/mol. The molecule has 2 amide bonds. The van der Waals surface area contributed by atoms with Gasteiger partial charge in [-0.3, -0.25) is 0 Å². The Morgan fingerprint density at radius 2 is 1.91 bits per heavy atom. The first-order chi connectivity index (χ1) is 10.3. The molecule has 1 aromatic rings. The molecule has 1 aromatic carbocycles. The maximum atomic E-state index is 12.4. The van der Waals surface area contributed by atoms with Gasteiger partial charge in [0.15, 0.2) is 0 Å². The summed E-state index contributed by atoms with van der Waals surface area (Å²) in [7, 11) is 0. The number of ether oxygens (including phenoxy) is 1. The minimum absolute atomic E-state index is 0.296. The van der Waals surface area contributed by atoms with Crippen LogP contribution in [0.1, 0.15) is 33.6 Å². The number of anilines is 1. The molecule has 0 spiro atoms. The molecule has 1 aliphatic rings. The van der Waals surface area contributed by atoms with Gasteiger partial charge >= 0.3 is 12.0 Å². The molecule has 5 nitrogen and oxygen atoms in total. The second kappa shape index (κ2) is 6.57. The number of carbonyl (C=O) groups excluding carboxylic acids is 2. The summed E-state index contributed by atoms with van der Waals surface area (Å²) in [6.07, 6.45) is 1.42. The summed E-state index contributed by atoms with van der Waals surface area (Å²) in [5, 5.41) is 3.38. The highest BCUT2D eigenvalue weighted by Gasteiger charge is 2.36. The van der Waals surface area contributed by atoms with Crippen LogP contribution in [-0.4, -0.2) is 35.1 Å². The SMILES string of the molecule is CC(C)(C)OC(=O)C1CCCN1C(=O)Nc1ccc(Cl)cc1. The predicted octanol–water partition coefficient (Wildman–Crippen LogP) is 3.68. The van der Waals surface area contributed by atoms with Crippen LogP contribution in [0.5, 0.6) is 0 Å². The Balaban J connectivity index is 2.01. The van der Waals surface area contributed by atoms with Gasteiger partial charge in [-0.1, -0.05) is 11.6 Å². The van der Waals surface area contributed by atoms with Crippen molar-refractivity contribution in [1.82, 2.24) is 4.90 Å². The Hall–Kier alpha value is -1.75. The highest BCUT2D eigenvalue weighted by atomic mass is 35.5. The average Bonchev–Trinajstić information content (AvgIpc) is 2.89. The van der Waals surface area contributed by atoms with E-state index in [-0.39, 0.29) is 12.0 Å². The number of likely N-dealkylation sites (tertiary alicyclic amines) is 1. The zero-order chi connectivity index (χ0) is 16.3. The Kier molecular flexibility index (Phi) is 4.96. The lowest BCUT2D eigenvalue weighted by molar-refractivity contribution is -0.159. The Labute approximate surface area is 135 Å². The number of carbonyl (C=O) groups is 2. The van der Waals surface area contributed by atoms with E-state index in [1.807, 2.05) is 20.8 Å². The van der Waals surface area contributed by atoms with Crippen molar-refractivity contribution in [2.24, 2.45) is 0 Å². The van der Waals surface area contributed by atoms with E-state index in [2.05, 4.69) is 5.32 Å². The van der Waals surface area contributed by atoms with Crippen molar-refractivity contribution in [1.29, 1.82) is 0 Å². The summed E-state index contributed by atoms with van der Waals surface area (Å²) in [5.74, 6) is -0.351. The molecule has 0 saturated carbocycles. The molecular formula is C16H21ClN2O3. The second-order valence-corrected chi connectivity index (χ2v) is 6.76. The van der Waals surface area contributed by atoms with E-state index >= 15 is 0 Å². The molecule has 1 saturated heterocycles. The summed E-state index contributed by atoms with van der Waals surface area (Å²) in [5.41, 5.74) is 0.0853. The molecule has 1 aliphatic heterocycles. The van der Waals surface area contributed by atoms with Crippen LogP contribution >= 0.6 is 11.6 Å². The van der Waals surface area contributed by atoms with E-state index in [1.54, 1.807) is 24.3 Å². The molecule has 22 heavy (non-hydrogen) atoms. The normalized spacial score (nSPS) is 18.2.